The molecular formula is C10H12ClF3N2OS. The van der Waals surface area contributed by atoms with Crippen LogP contribution in [0.25, 0.3) is 0 Å². The third-order valence-corrected chi connectivity index (χ3v) is 4.46. The summed E-state index contributed by atoms with van der Waals surface area (Å²) in [6.45, 7) is 0.215. The summed E-state index contributed by atoms with van der Waals surface area (Å²) in [7, 11) is 0. The Balaban J connectivity index is 2.13. The van der Waals surface area contributed by atoms with Gasteiger partial charge in [-0.05, 0) is 12.8 Å². The van der Waals surface area contributed by atoms with E-state index in [1.54, 1.807) is 4.90 Å². The van der Waals surface area contributed by atoms with E-state index in [9.17, 15) is 13.2 Å². The second-order valence-electron chi connectivity index (χ2n) is 4.20. The van der Waals surface area contributed by atoms with Gasteiger partial charge in [-0.15, -0.1) is 0 Å². The Kier molecular flexibility index (Phi) is 4.03. The van der Waals surface area contributed by atoms with Crippen LogP contribution in [-0.2, 0) is 6.61 Å². The molecule has 0 aromatic carbocycles. The van der Waals surface area contributed by atoms with Crippen LogP contribution in [0.4, 0.5) is 18.3 Å². The fourth-order valence-electron chi connectivity index (χ4n) is 1.97. The Morgan fingerprint density at radius 2 is 2.22 bits per heavy atom. The lowest BCUT2D eigenvalue weighted by Crippen LogP contribution is -2.41. The third kappa shape index (κ3) is 2.89. The second kappa shape index (κ2) is 5.22. The number of alkyl halides is 3. The van der Waals surface area contributed by atoms with Crippen LogP contribution >= 0.6 is 22.9 Å². The molecule has 1 fully saturated rings. The molecule has 1 aliphatic heterocycles. The molecule has 0 radical (unpaired) electrons. The standard InChI is InChI=1S/C10H12ClF3N2OS/c11-8-7(5-17)18-9(15-8)16-3-1-2-6(4-16)10(12,13)14/h6,17H,1-5H2. The molecule has 0 spiro atoms. The van der Waals surface area contributed by atoms with E-state index in [1.165, 1.54) is 0 Å². The molecule has 1 atom stereocenters. The van der Waals surface area contributed by atoms with Gasteiger partial charge in [0.15, 0.2) is 5.13 Å². The number of aliphatic hydroxyl groups is 1. The minimum atomic E-state index is -4.17. The van der Waals surface area contributed by atoms with E-state index in [0.29, 0.717) is 23.0 Å². The van der Waals surface area contributed by atoms with Crippen LogP contribution in [0.15, 0.2) is 0 Å². The van der Waals surface area contributed by atoms with E-state index >= 15 is 0 Å². The molecule has 2 rings (SSSR count). The number of nitrogens with zero attached hydrogens (tertiary/aromatic N) is 2. The summed E-state index contributed by atoms with van der Waals surface area (Å²) in [6.07, 6.45) is -3.53. The van der Waals surface area contributed by atoms with Crippen LogP contribution in [0.3, 0.4) is 0 Å². The molecule has 0 bridgehead atoms. The molecule has 3 nitrogen and oxygen atoms in total. The lowest BCUT2D eigenvalue weighted by Gasteiger charge is -2.33. The van der Waals surface area contributed by atoms with E-state index in [1.807, 2.05) is 0 Å². The van der Waals surface area contributed by atoms with Gasteiger partial charge in [-0.3, -0.25) is 0 Å². The predicted octanol–water partition coefficient (Wildman–Crippen LogP) is 3.07. The number of anilines is 1. The highest BCUT2D eigenvalue weighted by molar-refractivity contribution is 7.16. The van der Waals surface area contributed by atoms with Crippen molar-refractivity contribution in [1.82, 2.24) is 4.98 Å². The smallest absolute Gasteiger partial charge is 0.391 e. The van der Waals surface area contributed by atoms with Gasteiger partial charge in [0.2, 0.25) is 0 Å². The molecule has 1 N–H and O–H groups in total. The Labute approximate surface area is 111 Å². The van der Waals surface area contributed by atoms with Crippen molar-refractivity contribution >= 4 is 28.1 Å². The van der Waals surface area contributed by atoms with Crippen molar-refractivity contribution in [3.63, 3.8) is 0 Å². The van der Waals surface area contributed by atoms with Gasteiger partial charge in [0.1, 0.15) is 5.15 Å². The predicted molar refractivity (Wildman–Crippen MR) is 64.0 cm³/mol. The number of rotatable bonds is 2. The summed E-state index contributed by atoms with van der Waals surface area (Å²) in [4.78, 5) is 6.09. The molecule has 2 heterocycles. The first-order valence-corrected chi connectivity index (χ1v) is 6.69. The van der Waals surface area contributed by atoms with E-state index in [2.05, 4.69) is 4.98 Å². The summed E-state index contributed by atoms with van der Waals surface area (Å²) in [5.74, 6) is -1.31. The Bertz CT molecular complexity index is 424. The zero-order chi connectivity index (χ0) is 13.3. The fraction of sp³-hybridized carbons (Fsp3) is 0.700. The molecule has 0 aliphatic carbocycles. The average Bonchev–Trinajstić information content (AvgIpc) is 2.70. The van der Waals surface area contributed by atoms with Crippen molar-refractivity contribution in [1.29, 1.82) is 0 Å². The maximum atomic E-state index is 12.7. The van der Waals surface area contributed by atoms with Gasteiger partial charge in [0.25, 0.3) is 0 Å². The van der Waals surface area contributed by atoms with Crippen LogP contribution in [0.5, 0.6) is 0 Å². The highest BCUT2D eigenvalue weighted by atomic mass is 35.5. The zero-order valence-corrected chi connectivity index (χ0v) is 10.9. The Morgan fingerprint density at radius 1 is 1.50 bits per heavy atom. The molecule has 102 valence electrons. The van der Waals surface area contributed by atoms with Crippen molar-refractivity contribution < 1.29 is 18.3 Å². The molecule has 0 saturated carbocycles. The topological polar surface area (TPSA) is 36.4 Å². The largest absolute Gasteiger partial charge is 0.393 e. The lowest BCUT2D eigenvalue weighted by molar-refractivity contribution is -0.175. The summed E-state index contributed by atoms with van der Waals surface area (Å²) in [5.41, 5.74) is 0. The van der Waals surface area contributed by atoms with Crippen LogP contribution in [-0.4, -0.2) is 29.4 Å². The molecule has 1 unspecified atom stereocenters. The number of hydrogen-bond donors (Lipinski definition) is 1. The highest BCUT2D eigenvalue weighted by Gasteiger charge is 2.42. The van der Waals surface area contributed by atoms with Crippen LogP contribution in [0.1, 0.15) is 17.7 Å². The summed E-state index contributed by atoms with van der Waals surface area (Å²) in [5, 5.41) is 9.63. The monoisotopic (exact) mass is 300 g/mol. The second-order valence-corrected chi connectivity index (χ2v) is 5.62. The highest BCUT2D eigenvalue weighted by Crippen LogP contribution is 2.37. The summed E-state index contributed by atoms with van der Waals surface area (Å²) >= 11 is 6.93. The molecule has 1 saturated heterocycles. The zero-order valence-electron chi connectivity index (χ0n) is 9.37. The number of piperidine rings is 1. The van der Waals surface area contributed by atoms with Crippen LogP contribution in [0, 0.1) is 5.92 Å². The molecule has 1 aliphatic rings. The van der Waals surface area contributed by atoms with Gasteiger partial charge < -0.3 is 10.0 Å². The van der Waals surface area contributed by atoms with Gasteiger partial charge >= 0.3 is 6.18 Å². The number of aliphatic hydroxyl groups excluding tert-OH is 1. The number of halogens is 4. The molecule has 1 aromatic rings. The van der Waals surface area contributed by atoms with Gasteiger partial charge in [-0.1, -0.05) is 22.9 Å². The van der Waals surface area contributed by atoms with E-state index in [4.69, 9.17) is 16.7 Å². The first-order chi connectivity index (χ1) is 8.41. The van der Waals surface area contributed by atoms with Gasteiger partial charge in [-0.25, -0.2) is 4.98 Å². The average molecular weight is 301 g/mol. The van der Waals surface area contributed by atoms with Gasteiger partial charge in [0.05, 0.1) is 17.4 Å². The van der Waals surface area contributed by atoms with Gasteiger partial charge in [-0.2, -0.15) is 13.2 Å². The Hall–Kier alpha value is -0.530. The van der Waals surface area contributed by atoms with Crippen molar-refractivity contribution in [2.45, 2.75) is 25.6 Å². The van der Waals surface area contributed by atoms with Crippen LogP contribution < -0.4 is 4.90 Å². The summed E-state index contributed by atoms with van der Waals surface area (Å²) in [6, 6.07) is 0. The Morgan fingerprint density at radius 3 is 2.78 bits per heavy atom. The van der Waals surface area contributed by atoms with Crippen molar-refractivity contribution in [2.24, 2.45) is 5.92 Å². The quantitative estimate of drug-likeness (QED) is 0.912. The van der Waals surface area contributed by atoms with Crippen molar-refractivity contribution in [2.75, 3.05) is 18.0 Å². The molecule has 0 amide bonds. The lowest BCUT2D eigenvalue weighted by atomic mass is 9.98. The maximum Gasteiger partial charge on any atom is 0.393 e. The van der Waals surface area contributed by atoms with Crippen LogP contribution in [0.2, 0.25) is 5.15 Å². The van der Waals surface area contributed by atoms with Crippen molar-refractivity contribution in [3.05, 3.63) is 10.0 Å². The first kappa shape index (κ1) is 13.9. The fourth-order valence-corrected chi connectivity index (χ4v) is 3.12. The number of hydrogen-bond acceptors (Lipinski definition) is 4. The first-order valence-electron chi connectivity index (χ1n) is 5.49. The van der Waals surface area contributed by atoms with E-state index in [0.717, 1.165) is 11.3 Å². The van der Waals surface area contributed by atoms with Crippen molar-refractivity contribution in [3.8, 4) is 0 Å². The maximum absolute atomic E-state index is 12.7. The van der Waals surface area contributed by atoms with Gasteiger partial charge in [0, 0.05) is 13.1 Å². The number of thiazole rings is 1. The molecule has 18 heavy (non-hydrogen) atoms. The SMILES string of the molecule is OCc1sc(N2CCCC(C(F)(F)F)C2)nc1Cl. The minimum Gasteiger partial charge on any atom is -0.391 e. The van der Waals surface area contributed by atoms with E-state index < -0.39 is 12.1 Å². The number of aromatic nitrogens is 1. The molecule has 8 heteroatoms. The molecule has 1 aromatic heterocycles. The summed E-state index contributed by atoms with van der Waals surface area (Å²) < 4.78 is 38.0. The van der Waals surface area contributed by atoms with E-state index in [-0.39, 0.29) is 24.7 Å². The third-order valence-electron chi connectivity index (χ3n) is 2.94. The molecular weight excluding hydrogens is 289 g/mol. The minimum absolute atomic E-state index is 0.0851. The normalized spacial score (nSPS) is 21.4.